The Balaban J connectivity index is 2.45. The number of amides is 1. The zero-order chi connectivity index (χ0) is 9.84. The molecule has 0 aromatic heterocycles. The molecule has 5 nitrogen and oxygen atoms in total. The quantitative estimate of drug-likeness (QED) is 0.488. The molecule has 0 bridgehead atoms. The van der Waals surface area contributed by atoms with Gasteiger partial charge in [0.05, 0.1) is 24.1 Å². The fourth-order valence-corrected chi connectivity index (χ4v) is 1.28. The molecule has 4 N–H and O–H groups in total. The molecule has 1 aliphatic rings. The minimum Gasteiger partial charge on any atom is -0.349 e. The lowest BCUT2D eigenvalue weighted by atomic mass is 10.1. The summed E-state index contributed by atoms with van der Waals surface area (Å²) in [4.78, 5) is 11.2. The van der Waals surface area contributed by atoms with E-state index < -0.39 is 6.04 Å². The van der Waals surface area contributed by atoms with E-state index in [1.165, 1.54) is 0 Å². The van der Waals surface area contributed by atoms with Gasteiger partial charge in [-0.05, 0) is 6.92 Å². The van der Waals surface area contributed by atoms with Gasteiger partial charge in [0, 0.05) is 13.1 Å². The van der Waals surface area contributed by atoms with Gasteiger partial charge < -0.3 is 16.4 Å². The lowest BCUT2D eigenvalue weighted by Crippen LogP contribution is -2.46. The van der Waals surface area contributed by atoms with Crippen molar-refractivity contribution in [2.75, 3.05) is 13.1 Å². The van der Waals surface area contributed by atoms with Gasteiger partial charge >= 0.3 is 0 Å². The Morgan fingerprint density at radius 1 is 1.77 bits per heavy atom. The summed E-state index contributed by atoms with van der Waals surface area (Å²) in [6, 6.07) is 1.53. The monoisotopic (exact) mass is 182 g/mol. The second kappa shape index (κ2) is 4.21. The molecule has 1 aliphatic heterocycles. The molecule has 2 unspecified atom stereocenters. The van der Waals surface area contributed by atoms with Crippen LogP contribution >= 0.6 is 0 Å². The van der Waals surface area contributed by atoms with E-state index in [1.807, 2.05) is 0 Å². The summed E-state index contributed by atoms with van der Waals surface area (Å²) < 4.78 is 0. The van der Waals surface area contributed by atoms with E-state index in [1.54, 1.807) is 6.92 Å². The predicted molar refractivity (Wildman–Crippen MR) is 47.6 cm³/mol. The standard InChI is InChI=1S/C8H14N4O/c1-5(10)8(13)12-7-4-11-3-6(7)2-9/h5-7,11H,3-4,10H2,1H3,(H,12,13)/t5-,6?,7?/m0/s1. The first-order chi connectivity index (χ1) is 6.15. The fourth-order valence-electron chi connectivity index (χ4n) is 1.28. The summed E-state index contributed by atoms with van der Waals surface area (Å²) in [6.07, 6.45) is 0. The molecule has 0 aliphatic carbocycles. The molecule has 1 rings (SSSR count). The summed E-state index contributed by atoms with van der Waals surface area (Å²) in [5.74, 6) is -0.336. The number of hydrogen-bond acceptors (Lipinski definition) is 4. The average Bonchev–Trinajstić information content (AvgIpc) is 2.51. The summed E-state index contributed by atoms with van der Waals surface area (Å²) in [6.45, 7) is 2.91. The molecule has 5 heteroatoms. The molecule has 0 aromatic carbocycles. The van der Waals surface area contributed by atoms with Crippen LogP contribution in [0, 0.1) is 17.2 Å². The highest BCUT2D eigenvalue weighted by atomic mass is 16.2. The molecule has 0 saturated carbocycles. The number of nitrogens with zero attached hydrogens (tertiary/aromatic N) is 1. The second-order valence-electron chi connectivity index (χ2n) is 3.30. The highest BCUT2D eigenvalue weighted by Crippen LogP contribution is 2.07. The van der Waals surface area contributed by atoms with Gasteiger partial charge in [-0.1, -0.05) is 0 Å². The van der Waals surface area contributed by atoms with Crippen molar-refractivity contribution in [3.05, 3.63) is 0 Å². The Morgan fingerprint density at radius 3 is 3.00 bits per heavy atom. The maximum atomic E-state index is 11.2. The third-order valence-corrected chi connectivity index (χ3v) is 2.12. The van der Waals surface area contributed by atoms with Gasteiger partial charge in [-0.3, -0.25) is 4.79 Å². The highest BCUT2D eigenvalue weighted by Gasteiger charge is 2.28. The van der Waals surface area contributed by atoms with Gasteiger partial charge in [0.1, 0.15) is 0 Å². The second-order valence-corrected chi connectivity index (χ2v) is 3.30. The Hall–Kier alpha value is -1.12. The van der Waals surface area contributed by atoms with Gasteiger partial charge in [0.15, 0.2) is 0 Å². The first-order valence-electron chi connectivity index (χ1n) is 4.31. The number of nitrogens with two attached hydrogens (primary N) is 1. The molecule has 0 aromatic rings. The Bertz CT molecular complexity index is 233. The first-order valence-corrected chi connectivity index (χ1v) is 4.31. The van der Waals surface area contributed by atoms with Crippen LogP contribution in [0.1, 0.15) is 6.92 Å². The van der Waals surface area contributed by atoms with Gasteiger partial charge in [0.25, 0.3) is 0 Å². The van der Waals surface area contributed by atoms with E-state index in [9.17, 15) is 4.79 Å². The Kier molecular flexibility index (Phi) is 3.23. The van der Waals surface area contributed by atoms with Gasteiger partial charge in [-0.25, -0.2) is 0 Å². The molecular formula is C8H14N4O. The number of nitriles is 1. The Morgan fingerprint density at radius 2 is 2.46 bits per heavy atom. The normalized spacial score (nSPS) is 29.3. The summed E-state index contributed by atoms with van der Waals surface area (Å²) in [5, 5.41) is 14.5. The number of carbonyl (C=O) groups excluding carboxylic acids is 1. The fraction of sp³-hybridized carbons (Fsp3) is 0.750. The Labute approximate surface area is 77.3 Å². The lowest BCUT2D eigenvalue weighted by molar-refractivity contribution is -0.122. The molecule has 0 radical (unpaired) electrons. The number of carbonyl (C=O) groups is 1. The third-order valence-electron chi connectivity index (χ3n) is 2.12. The summed E-state index contributed by atoms with van der Waals surface area (Å²) >= 11 is 0. The minimum absolute atomic E-state index is 0.0940. The van der Waals surface area contributed by atoms with Gasteiger partial charge in [-0.2, -0.15) is 5.26 Å². The summed E-state index contributed by atoms with van der Waals surface area (Å²) in [5.41, 5.74) is 5.39. The maximum Gasteiger partial charge on any atom is 0.236 e. The predicted octanol–water partition coefficient (Wildman–Crippen LogP) is -1.44. The van der Waals surface area contributed by atoms with Crippen LogP contribution in [-0.2, 0) is 4.79 Å². The van der Waals surface area contributed by atoms with Gasteiger partial charge in [-0.15, -0.1) is 0 Å². The molecule has 13 heavy (non-hydrogen) atoms. The van der Waals surface area contributed by atoms with Crippen LogP contribution in [0.5, 0.6) is 0 Å². The van der Waals surface area contributed by atoms with Crippen molar-refractivity contribution in [3.63, 3.8) is 0 Å². The van der Waals surface area contributed by atoms with Crippen LogP contribution in [0.25, 0.3) is 0 Å². The maximum absolute atomic E-state index is 11.2. The van der Waals surface area contributed by atoms with E-state index in [4.69, 9.17) is 11.0 Å². The third kappa shape index (κ3) is 2.41. The van der Waals surface area contributed by atoms with Gasteiger partial charge in [0.2, 0.25) is 5.91 Å². The molecule has 3 atom stereocenters. The number of nitrogens with one attached hydrogen (secondary N) is 2. The van der Waals surface area contributed by atoms with E-state index >= 15 is 0 Å². The minimum atomic E-state index is -0.514. The van der Waals surface area contributed by atoms with Crippen LogP contribution in [0.4, 0.5) is 0 Å². The van der Waals surface area contributed by atoms with E-state index in [0.29, 0.717) is 13.1 Å². The van der Waals surface area contributed by atoms with Crippen LogP contribution < -0.4 is 16.4 Å². The van der Waals surface area contributed by atoms with Crippen molar-refractivity contribution in [3.8, 4) is 6.07 Å². The van der Waals surface area contributed by atoms with Crippen LogP contribution in [-0.4, -0.2) is 31.1 Å². The molecule has 1 saturated heterocycles. The van der Waals surface area contributed by atoms with Crippen molar-refractivity contribution in [2.45, 2.75) is 19.0 Å². The van der Waals surface area contributed by atoms with Crippen molar-refractivity contribution in [1.29, 1.82) is 5.26 Å². The van der Waals surface area contributed by atoms with E-state index in [0.717, 1.165) is 0 Å². The topological polar surface area (TPSA) is 90.9 Å². The van der Waals surface area contributed by atoms with Crippen molar-refractivity contribution in [1.82, 2.24) is 10.6 Å². The van der Waals surface area contributed by atoms with Crippen LogP contribution in [0.15, 0.2) is 0 Å². The molecule has 1 amide bonds. The molecule has 1 fully saturated rings. The number of rotatable bonds is 2. The smallest absolute Gasteiger partial charge is 0.236 e. The van der Waals surface area contributed by atoms with Crippen molar-refractivity contribution >= 4 is 5.91 Å². The zero-order valence-electron chi connectivity index (χ0n) is 7.58. The number of hydrogen-bond donors (Lipinski definition) is 3. The van der Waals surface area contributed by atoms with E-state index in [-0.39, 0.29) is 17.9 Å². The van der Waals surface area contributed by atoms with Crippen LogP contribution in [0.3, 0.4) is 0 Å². The summed E-state index contributed by atoms with van der Waals surface area (Å²) in [7, 11) is 0. The molecule has 1 heterocycles. The zero-order valence-corrected chi connectivity index (χ0v) is 7.58. The highest BCUT2D eigenvalue weighted by molar-refractivity contribution is 5.81. The molecule has 72 valence electrons. The molecule has 0 spiro atoms. The SMILES string of the molecule is C[C@H](N)C(=O)NC1CNCC1C#N. The molecular weight excluding hydrogens is 168 g/mol. The largest absolute Gasteiger partial charge is 0.349 e. The average molecular weight is 182 g/mol. The van der Waals surface area contributed by atoms with Crippen molar-refractivity contribution in [2.24, 2.45) is 11.7 Å². The van der Waals surface area contributed by atoms with Crippen LogP contribution in [0.2, 0.25) is 0 Å². The first kappa shape index (κ1) is 9.96. The van der Waals surface area contributed by atoms with E-state index in [2.05, 4.69) is 16.7 Å². The van der Waals surface area contributed by atoms with Crippen molar-refractivity contribution < 1.29 is 4.79 Å². The lowest BCUT2D eigenvalue weighted by Gasteiger charge is -2.15.